The van der Waals surface area contributed by atoms with Gasteiger partial charge in [-0.15, -0.1) is 11.3 Å². The first-order valence-electron chi connectivity index (χ1n) is 5.85. The van der Waals surface area contributed by atoms with Crippen LogP contribution in [0.1, 0.15) is 42.3 Å². The van der Waals surface area contributed by atoms with Gasteiger partial charge in [0, 0.05) is 17.0 Å². The molecule has 0 saturated heterocycles. The monoisotopic (exact) mass is 242 g/mol. The van der Waals surface area contributed by atoms with E-state index in [0.29, 0.717) is 0 Å². The summed E-state index contributed by atoms with van der Waals surface area (Å²) in [5, 5.41) is 14.0. The predicted molar refractivity (Wildman–Crippen MR) is 68.8 cm³/mol. The largest absolute Gasteiger partial charge is 0.394 e. The standard InChI is InChI=1S/C12H22N2OS/c1-5-12(6-2,8-15)13-7-11-14-9(3)10(4)16-11/h13,15H,5-8H2,1-4H3. The molecule has 4 heteroatoms. The van der Waals surface area contributed by atoms with E-state index in [4.69, 9.17) is 0 Å². The Morgan fingerprint density at radius 1 is 1.31 bits per heavy atom. The quantitative estimate of drug-likeness (QED) is 0.805. The first-order chi connectivity index (χ1) is 7.56. The van der Waals surface area contributed by atoms with E-state index < -0.39 is 0 Å². The highest BCUT2D eigenvalue weighted by Crippen LogP contribution is 2.19. The van der Waals surface area contributed by atoms with E-state index in [9.17, 15) is 5.11 Å². The Bertz CT molecular complexity index is 304. The summed E-state index contributed by atoms with van der Waals surface area (Å²) in [6.45, 7) is 9.27. The third kappa shape index (κ3) is 3.03. The zero-order valence-corrected chi connectivity index (χ0v) is 11.4. The van der Waals surface area contributed by atoms with Crippen molar-refractivity contribution in [3.05, 3.63) is 15.6 Å². The van der Waals surface area contributed by atoms with Crippen molar-refractivity contribution in [2.75, 3.05) is 6.61 Å². The molecule has 0 amide bonds. The molecule has 0 aromatic carbocycles. The minimum absolute atomic E-state index is 0.145. The zero-order chi connectivity index (χ0) is 12.2. The van der Waals surface area contributed by atoms with E-state index in [-0.39, 0.29) is 12.1 Å². The topological polar surface area (TPSA) is 45.1 Å². The van der Waals surface area contributed by atoms with E-state index in [2.05, 4.69) is 31.1 Å². The molecule has 0 aliphatic rings. The van der Waals surface area contributed by atoms with Gasteiger partial charge in [0.1, 0.15) is 5.01 Å². The number of aliphatic hydroxyl groups excluding tert-OH is 1. The lowest BCUT2D eigenvalue weighted by Crippen LogP contribution is -2.47. The van der Waals surface area contributed by atoms with Crippen LogP contribution < -0.4 is 5.32 Å². The number of thiazole rings is 1. The van der Waals surface area contributed by atoms with Gasteiger partial charge in [-0.3, -0.25) is 0 Å². The Morgan fingerprint density at radius 3 is 2.31 bits per heavy atom. The molecule has 0 unspecified atom stereocenters. The maximum Gasteiger partial charge on any atom is 0.107 e. The number of aromatic nitrogens is 1. The van der Waals surface area contributed by atoms with Crippen molar-refractivity contribution in [3.8, 4) is 0 Å². The predicted octanol–water partition coefficient (Wildman–Crippen LogP) is 2.40. The van der Waals surface area contributed by atoms with Crippen LogP contribution in [0.4, 0.5) is 0 Å². The molecule has 0 aliphatic heterocycles. The third-order valence-electron chi connectivity index (χ3n) is 3.34. The molecule has 1 aromatic heterocycles. The summed E-state index contributed by atoms with van der Waals surface area (Å²) >= 11 is 1.73. The van der Waals surface area contributed by atoms with Crippen molar-refractivity contribution >= 4 is 11.3 Å². The van der Waals surface area contributed by atoms with Crippen LogP contribution in [0.3, 0.4) is 0 Å². The van der Waals surface area contributed by atoms with Gasteiger partial charge in [0.05, 0.1) is 12.3 Å². The van der Waals surface area contributed by atoms with Crippen molar-refractivity contribution in [1.29, 1.82) is 0 Å². The van der Waals surface area contributed by atoms with E-state index in [0.717, 1.165) is 30.1 Å². The average Bonchev–Trinajstić information content (AvgIpc) is 2.61. The van der Waals surface area contributed by atoms with Crippen LogP contribution in [-0.4, -0.2) is 22.2 Å². The molecule has 1 rings (SSSR count). The molecule has 1 heterocycles. The normalized spacial score (nSPS) is 12.1. The van der Waals surface area contributed by atoms with Crippen molar-refractivity contribution in [2.45, 2.75) is 52.6 Å². The molecule has 0 aliphatic carbocycles. The van der Waals surface area contributed by atoms with Gasteiger partial charge in [0.2, 0.25) is 0 Å². The molecule has 2 N–H and O–H groups in total. The lowest BCUT2D eigenvalue weighted by atomic mass is 9.94. The van der Waals surface area contributed by atoms with E-state index in [1.807, 2.05) is 6.92 Å². The molecular formula is C12H22N2OS. The number of aliphatic hydroxyl groups is 1. The minimum Gasteiger partial charge on any atom is -0.394 e. The van der Waals surface area contributed by atoms with Gasteiger partial charge in [-0.25, -0.2) is 4.98 Å². The Labute approximate surface area is 102 Å². The fourth-order valence-corrected chi connectivity index (χ4v) is 2.53. The summed E-state index contributed by atoms with van der Waals surface area (Å²) in [5.41, 5.74) is 0.970. The number of hydrogen-bond donors (Lipinski definition) is 2. The Kier molecular flexibility index (Phi) is 4.89. The first-order valence-corrected chi connectivity index (χ1v) is 6.67. The summed E-state index contributed by atoms with van der Waals surface area (Å²) < 4.78 is 0. The second-order valence-corrected chi connectivity index (χ2v) is 5.54. The van der Waals surface area contributed by atoms with Gasteiger partial charge in [-0.05, 0) is 26.7 Å². The summed E-state index contributed by atoms with van der Waals surface area (Å²) in [5.74, 6) is 0. The fraction of sp³-hybridized carbons (Fsp3) is 0.750. The number of aryl methyl sites for hydroxylation is 2. The van der Waals surface area contributed by atoms with Crippen LogP contribution in [0.2, 0.25) is 0 Å². The lowest BCUT2D eigenvalue weighted by molar-refractivity contribution is 0.149. The second kappa shape index (κ2) is 5.75. The van der Waals surface area contributed by atoms with E-state index in [1.54, 1.807) is 11.3 Å². The maximum absolute atomic E-state index is 9.43. The van der Waals surface area contributed by atoms with Crippen molar-refractivity contribution in [2.24, 2.45) is 0 Å². The van der Waals surface area contributed by atoms with Crippen molar-refractivity contribution in [1.82, 2.24) is 10.3 Å². The summed E-state index contributed by atoms with van der Waals surface area (Å²) in [6.07, 6.45) is 1.87. The molecule has 16 heavy (non-hydrogen) atoms. The molecular weight excluding hydrogens is 220 g/mol. The Hall–Kier alpha value is -0.450. The molecule has 3 nitrogen and oxygen atoms in total. The molecule has 0 bridgehead atoms. The minimum atomic E-state index is -0.145. The van der Waals surface area contributed by atoms with Gasteiger partial charge in [-0.1, -0.05) is 13.8 Å². The maximum atomic E-state index is 9.43. The van der Waals surface area contributed by atoms with Crippen LogP contribution in [0.15, 0.2) is 0 Å². The Balaban J connectivity index is 2.62. The molecule has 1 aromatic rings. The fourth-order valence-electron chi connectivity index (χ4n) is 1.66. The van der Waals surface area contributed by atoms with Crippen LogP contribution in [0.5, 0.6) is 0 Å². The van der Waals surface area contributed by atoms with E-state index in [1.165, 1.54) is 4.88 Å². The number of hydrogen-bond acceptors (Lipinski definition) is 4. The van der Waals surface area contributed by atoms with Crippen LogP contribution in [0, 0.1) is 13.8 Å². The van der Waals surface area contributed by atoms with Gasteiger partial charge in [0.15, 0.2) is 0 Å². The van der Waals surface area contributed by atoms with Gasteiger partial charge in [-0.2, -0.15) is 0 Å². The molecule has 0 radical (unpaired) electrons. The molecule has 92 valence electrons. The number of rotatable bonds is 6. The highest BCUT2D eigenvalue weighted by atomic mass is 32.1. The lowest BCUT2D eigenvalue weighted by Gasteiger charge is -2.30. The highest BCUT2D eigenvalue weighted by Gasteiger charge is 2.24. The SMILES string of the molecule is CCC(CC)(CO)NCc1nc(C)c(C)s1. The summed E-state index contributed by atoms with van der Waals surface area (Å²) in [6, 6.07) is 0. The average molecular weight is 242 g/mol. The first kappa shape index (κ1) is 13.6. The summed E-state index contributed by atoms with van der Waals surface area (Å²) in [4.78, 5) is 5.77. The smallest absolute Gasteiger partial charge is 0.107 e. The number of nitrogens with zero attached hydrogens (tertiary/aromatic N) is 1. The molecule has 0 fully saturated rings. The second-order valence-electron chi connectivity index (χ2n) is 4.25. The van der Waals surface area contributed by atoms with E-state index >= 15 is 0 Å². The van der Waals surface area contributed by atoms with Gasteiger partial charge in [0.25, 0.3) is 0 Å². The van der Waals surface area contributed by atoms with Crippen LogP contribution >= 0.6 is 11.3 Å². The molecule has 0 saturated carbocycles. The molecule has 0 atom stereocenters. The van der Waals surface area contributed by atoms with Crippen LogP contribution in [-0.2, 0) is 6.54 Å². The van der Waals surface area contributed by atoms with Crippen molar-refractivity contribution < 1.29 is 5.11 Å². The van der Waals surface area contributed by atoms with Gasteiger partial charge < -0.3 is 10.4 Å². The number of nitrogens with one attached hydrogen (secondary N) is 1. The Morgan fingerprint density at radius 2 is 1.94 bits per heavy atom. The summed E-state index contributed by atoms with van der Waals surface area (Å²) in [7, 11) is 0. The zero-order valence-electron chi connectivity index (χ0n) is 10.6. The highest BCUT2D eigenvalue weighted by molar-refractivity contribution is 7.11. The third-order valence-corrected chi connectivity index (χ3v) is 4.42. The van der Waals surface area contributed by atoms with Gasteiger partial charge >= 0.3 is 0 Å². The van der Waals surface area contributed by atoms with Crippen molar-refractivity contribution in [3.63, 3.8) is 0 Å². The molecule has 0 spiro atoms. The van der Waals surface area contributed by atoms with Crippen LogP contribution in [0.25, 0.3) is 0 Å².